The third-order valence-corrected chi connectivity index (χ3v) is 4.95. The molecule has 24 heavy (non-hydrogen) atoms. The summed E-state index contributed by atoms with van der Waals surface area (Å²) in [4.78, 5) is 16.6. The summed E-state index contributed by atoms with van der Waals surface area (Å²) in [6.07, 6.45) is 2.66. The zero-order chi connectivity index (χ0) is 16.8. The highest BCUT2D eigenvalue weighted by Crippen LogP contribution is 2.26. The van der Waals surface area contributed by atoms with Crippen molar-refractivity contribution < 1.29 is 9.53 Å². The van der Waals surface area contributed by atoms with Crippen LogP contribution in [0.4, 0.5) is 0 Å². The molecule has 0 bridgehead atoms. The highest BCUT2D eigenvalue weighted by atomic mass is 32.1. The largest absolute Gasteiger partial charge is 0.494 e. The van der Waals surface area contributed by atoms with Gasteiger partial charge in [-0.15, -0.1) is 11.3 Å². The first-order valence-electron chi connectivity index (χ1n) is 8.42. The summed E-state index contributed by atoms with van der Waals surface area (Å²) in [6.45, 7) is 4.38. The molecule has 1 aliphatic heterocycles. The molecule has 0 radical (unpaired) electrons. The molecule has 1 saturated heterocycles. The van der Waals surface area contributed by atoms with Crippen LogP contribution in [0.5, 0.6) is 5.75 Å². The Bertz CT molecular complexity index is 663. The molecule has 0 spiro atoms. The first-order valence-corrected chi connectivity index (χ1v) is 9.30. The predicted molar refractivity (Wildman–Crippen MR) is 96.5 cm³/mol. The lowest BCUT2D eigenvalue weighted by molar-refractivity contribution is -0.120. The minimum absolute atomic E-state index is 0.0345. The molecule has 1 atom stereocenters. The minimum atomic E-state index is 0.0345. The van der Waals surface area contributed by atoms with Crippen molar-refractivity contribution in [3.8, 4) is 16.3 Å². The van der Waals surface area contributed by atoms with Gasteiger partial charge in [-0.2, -0.15) is 0 Å². The van der Waals surface area contributed by atoms with Crippen LogP contribution < -0.4 is 15.4 Å². The summed E-state index contributed by atoms with van der Waals surface area (Å²) in [5.74, 6) is 0.894. The molecule has 1 fully saturated rings. The number of thiazole rings is 1. The quantitative estimate of drug-likeness (QED) is 0.810. The van der Waals surface area contributed by atoms with E-state index in [0.29, 0.717) is 25.6 Å². The Morgan fingerprint density at radius 1 is 1.42 bits per heavy atom. The number of hydrogen-bond donors (Lipinski definition) is 2. The fourth-order valence-corrected chi connectivity index (χ4v) is 3.60. The molecule has 128 valence electrons. The van der Waals surface area contributed by atoms with E-state index in [1.807, 2.05) is 36.6 Å². The summed E-state index contributed by atoms with van der Waals surface area (Å²) < 4.78 is 5.45. The molecule has 2 heterocycles. The van der Waals surface area contributed by atoms with Crippen LogP contribution in [0.15, 0.2) is 29.6 Å². The van der Waals surface area contributed by atoms with Crippen LogP contribution >= 0.6 is 11.3 Å². The van der Waals surface area contributed by atoms with Crippen molar-refractivity contribution in [3.05, 3.63) is 35.3 Å². The lowest BCUT2D eigenvalue weighted by atomic mass is 10.2. The summed E-state index contributed by atoms with van der Waals surface area (Å²) in [5, 5.41) is 9.25. The third kappa shape index (κ3) is 4.55. The van der Waals surface area contributed by atoms with Crippen LogP contribution in [0.25, 0.3) is 10.6 Å². The van der Waals surface area contributed by atoms with Crippen LogP contribution in [-0.2, 0) is 11.2 Å². The number of aromatic nitrogens is 1. The third-order valence-electron chi connectivity index (χ3n) is 4.01. The number of nitrogens with zero attached hydrogens (tertiary/aromatic N) is 1. The Labute approximate surface area is 146 Å². The van der Waals surface area contributed by atoms with Gasteiger partial charge in [0.1, 0.15) is 10.8 Å². The predicted octanol–water partition coefficient (Wildman–Crippen LogP) is 2.62. The maximum atomic E-state index is 12.0. The SMILES string of the molecule is CCOc1ccc(-c2nc(CC(=O)NCC3CCCN3)cs2)cc1. The van der Waals surface area contributed by atoms with Crippen molar-refractivity contribution in [2.24, 2.45) is 0 Å². The highest BCUT2D eigenvalue weighted by Gasteiger charge is 2.15. The Kier molecular flexibility index (Phi) is 5.82. The smallest absolute Gasteiger partial charge is 0.226 e. The second-order valence-electron chi connectivity index (χ2n) is 5.88. The van der Waals surface area contributed by atoms with Gasteiger partial charge in [0, 0.05) is 23.5 Å². The van der Waals surface area contributed by atoms with Gasteiger partial charge in [-0.1, -0.05) is 0 Å². The lowest BCUT2D eigenvalue weighted by Crippen LogP contribution is -2.37. The molecule has 5 nitrogen and oxygen atoms in total. The van der Waals surface area contributed by atoms with E-state index in [1.165, 1.54) is 6.42 Å². The highest BCUT2D eigenvalue weighted by molar-refractivity contribution is 7.13. The van der Waals surface area contributed by atoms with E-state index in [4.69, 9.17) is 4.74 Å². The first kappa shape index (κ1) is 16.9. The molecule has 6 heteroatoms. The normalized spacial score (nSPS) is 17.0. The van der Waals surface area contributed by atoms with Gasteiger partial charge in [0.2, 0.25) is 5.91 Å². The molecular formula is C18H23N3O2S. The van der Waals surface area contributed by atoms with E-state index in [9.17, 15) is 4.79 Å². The average molecular weight is 345 g/mol. The minimum Gasteiger partial charge on any atom is -0.494 e. The van der Waals surface area contributed by atoms with Crippen LogP contribution in [-0.4, -0.2) is 36.6 Å². The Morgan fingerprint density at radius 3 is 2.96 bits per heavy atom. The number of hydrogen-bond acceptors (Lipinski definition) is 5. The van der Waals surface area contributed by atoms with Crippen molar-refractivity contribution in [1.29, 1.82) is 0 Å². The summed E-state index contributed by atoms with van der Waals surface area (Å²) in [6, 6.07) is 8.31. The standard InChI is InChI=1S/C18H23N3O2S/c1-2-23-16-7-5-13(6-8-16)18-21-15(12-24-18)10-17(22)20-11-14-4-3-9-19-14/h5-8,12,14,19H,2-4,9-11H2,1H3,(H,20,22). The molecule has 1 aromatic carbocycles. The number of benzene rings is 1. The molecule has 1 unspecified atom stereocenters. The van der Waals surface area contributed by atoms with Gasteiger partial charge in [-0.25, -0.2) is 4.98 Å². The number of rotatable bonds is 7. The van der Waals surface area contributed by atoms with Crippen molar-refractivity contribution in [2.75, 3.05) is 19.7 Å². The van der Waals surface area contributed by atoms with Gasteiger partial charge in [0.05, 0.1) is 18.7 Å². The zero-order valence-corrected chi connectivity index (χ0v) is 14.7. The number of carbonyl (C=O) groups is 1. The van der Waals surface area contributed by atoms with Crippen molar-refractivity contribution in [3.63, 3.8) is 0 Å². The van der Waals surface area contributed by atoms with Gasteiger partial charge in [-0.05, 0) is 50.6 Å². The zero-order valence-electron chi connectivity index (χ0n) is 13.9. The van der Waals surface area contributed by atoms with Gasteiger partial charge >= 0.3 is 0 Å². The first-order chi connectivity index (χ1) is 11.7. The monoisotopic (exact) mass is 345 g/mol. The van der Waals surface area contributed by atoms with Crippen LogP contribution in [0.1, 0.15) is 25.5 Å². The van der Waals surface area contributed by atoms with Crippen molar-refractivity contribution >= 4 is 17.2 Å². The topological polar surface area (TPSA) is 63.2 Å². The fraction of sp³-hybridized carbons (Fsp3) is 0.444. The van der Waals surface area contributed by atoms with E-state index in [2.05, 4.69) is 15.6 Å². The Morgan fingerprint density at radius 2 is 2.25 bits per heavy atom. The lowest BCUT2D eigenvalue weighted by Gasteiger charge is -2.10. The molecular weight excluding hydrogens is 322 g/mol. The van der Waals surface area contributed by atoms with E-state index in [0.717, 1.165) is 35.0 Å². The molecule has 2 aromatic rings. The van der Waals surface area contributed by atoms with Gasteiger partial charge in [0.15, 0.2) is 0 Å². The molecule has 1 amide bonds. The molecule has 3 rings (SSSR count). The van der Waals surface area contributed by atoms with E-state index < -0.39 is 0 Å². The van der Waals surface area contributed by atoms with E-state index >= 15 is 0 Å². The maximum Gasteiger partial charge on any atom is 0.226 e. The fourth-order valence-electron chi connectivity index (χ4n) is 2.78. The molecule has 1 aromatic heterocycles. The van der Waals surface area contributed by atoms with Crippen LogP contribution in [0, 0.1) is 0 Å². The van der Waals surface area contributed by atoms with Crippen LogP contribution in [0.2, 0.25) is 0 Å². The van der Waals surface area contributed by atoms with Crippen LogP contribution in [0.3, 0.4) is 0 Å². The summed E-state index contributed by atoms with van der Waals surface area (Å²) in [7, 11) is 0. The van der Waals surface area contributed by atoms with Crippen molar-refractivity contribution in [1.82, 2.24) is 15.6 Å². The molecule has 2 N–H and O–H groups in total. The average Bonchev–Trinajstić information content (AvgIpc) is 3.26. The number of ether oxygens (including phenoxy) is 1. The molecule has 1 aliphatic rings. The van der Waals surface area contributed by atoms with Gasteiger partial charge < -0.3 is 15.4 Å². The molecule has 0 aliphatic carbocycles. The molecule has 0 saturated carbocycles. The number of amides is 1. The number of carbonyl (C=O) groups excluding carboxylic acids is 1. The van der Waals surface area contributed by atoms with Crippen molar-refractivity contribution in [2.45, 2.75) is 32.2 Å². The maximum absolute atomic E-state index is 12.0. The van der Waals surface area contributed by atoms with Gasteiger partial charge in [-0.3, -0.25) is 4.79 Å². The van der Waals surface area contributed by atoms with E-state index in [1.54, 1.807) is 11.3 Å². The van der Waals surface area contributed by atoms with Gasteiger partial charge in [0.25, 0.3) is 0 Å². The Hall–Kier alpha value is -1.92. The summed E-state index contributed by atoms with van der Waals surface area (Å²) in [5.41, 5.74) is 1.87. The second-order valence-corrected chi connectivity index (χ2v) is 6.73. The number of nitrogens with one attached hydrogen (secondary N) is 2. The Balaban J connectivity index is 1.53. The second kappa shape index (κ2) is 8.26. The summed E-state index contributed by atoms with van der Waals surface area (Å²) >= 11 is 1.56. The van der Waals surface area contributed by atoms with E-state index in [-0.39, 0.29) is 5.91 Å².